The molecule has 2 N–H and O–H groups in total. The summed E-state index contributed by atoms with van der Waals surface area (Å²) in [4.78, 5) is 26.7. The van der Waals surface area contributed by atoms with E-state index in [2.05, 4.69) is 10.6 Å². The molecule has 154 valence electrons. The van der Waals surface area contributed by atoms with Crippen molar-refractivity contribution in [1.29, 1.82) is 0 Å². The lowest BCUT2D eigenvalue weighted by Crippen LogP contribution is -2.46. The predicted octanol–water partition coefficient (Wildman–Crippen LogP) is 2.61. The molecule has 0 bridgehead atoms. The Morgan fingerprint density at radius 3 is 2.25 bits per heavy atom. The molecule has 0 radical (unpaired) electrons. The van der Waals surface area contributed by atoms with Crippen LogP contribution in [0.2, 0.25) is 0 Å². The van der Waals surface area contributed by atoms with Crippen molar-refractivity contribution in [2.45, 2.75) is 51.7 Å². The molecule has 2 heterocycles. The van der Waals surface area contributed by atoms with Crippen LogP contribution in [0, 0.1) is 13.8 Å². The third-order valence-corrected chi connectivity index (χ3v) is 5.22. The van der Waals surface area contributed by atoms with Crippen LogP contribution in [0.25, 0.3) is 0 Å². The van der Waals surface area contributed by atoms with Gasteiger partial charge >= 0.3 is 6.03 Å². The summed E-state index contributed by atoms with van der Waals surface area (Å²) in [6.07, 6.45) is 4.44. The van der Waals surface area contributed by atoms with Crippen molar-refractivity contribution in [2.24, 2.45) is 0 Å². The van der Waals surface area contributed by atoms with Crippen LogP contribution in [-0.4, -0.2) is 61.9 Å². The van der Waals surface area contributed by atoms with E-state index in [1.807, 2.05) is 36.9 Å². The lowest BCUT2D eigenvalue weighted by atomic mass is 10.1. The third kappa shape index (κ3) is 6.29. The Morgan fingerprint density at radius 2 is 1.71 bits per heavy atom. The Kier molecular flexibility index (Phi) is 7.42. The summed E-state index contributed by atoms with van der Waals surface area (Å²) in [6, 6.07) is 5.25. The molecule has 2 saturated heterocycles. The SMILES string of the molecule is Cc1ccc(NC(=O)NC(=O)CN(C[C@@H]2CCCO2)C[C@@H]2CCCO2)c(C)c1. The minimum atomic E-state index is -0.508. The molecule has 0 unspecified atom stereocenters. The van der Waals surface area contributed by atoms with Gasteiger partial charge in [0.05, 0.1) is 18.8 Å². The Bertz CT molecular complexity index is 664. The van der Waals surface area contributed by atoms with E-state index in [0.29, 0.717) is 18.8 Å². The predicted molar refractivity (Wildman–Crippen MR) is 107 cm³/mol. The molecule has 7 nitrogen and oxygen atoms in total. The van der Waals surface area contributed by atoms with E-state index in [4.69, 9.17) is 9.47 Å². The summed E-state index contributed by atoms with van der Waals surface area (Å²) in [7, 11) is 0. The Hall–Kier alpha value is -1.96. The number of nitrogens with one attached hydrogen (secondary N) is 2. The number of carbonyl (C=O) groups excluding carboxylic acids is 2. The molecule has 0 aliphatic carbocycles. The van der Waals surface area contributed by atoms with E-state index >= 15 is 0 Å². The van der Waals surface area contributed by atoms with Crippen LogP contribution < -0.4 is 10.6 Å². The van der Waals surface area contributed by atoms with Crippen LogP contribution in [0.1, 0.15) is 36.8 Å². The van der Waals surface area contributed by atoms with Gasteiger partial charge in [0.2, 0.25) is 5.91 Å². The first kappa shape index (κ1) is 20.8. The van der Waals surface area contributed by atoms with Gasteiger partial charge in [-0.15, -0.1) is 0 Å². The van der Waals surface area contributed by atoms with E-state index in [9.17, 15) is 9.59 Å². The zero-order chi connectivity index (χ0) is 19.9. The van der Waals surface area contributed by atoms with Gasteiger partial charge in [0, 0.05) is 32.0 Å². The summed E-state index contributed by atoms with van der Waals surface area (Å²) in [5, 5.41) is 5.19. The molecular weight excluding hydrogens is 358 g/mol. The number of carbonyl (C=O) groups is 2. The molecule has 2 aliphatic rings. The third-order valence-electron chi connectivity index (χ3n) is 5.22. The minimum absolute atomic E-state index is 0.151. The Balaban J connectivity index is 1.51. The average molecular weight is 389 g/mol. The molecule has 2 atom stereocenters. The summed E-state index contributed by atoms with van der Waals surface area (Å²) in [5.41, 5.74) is 2.78. The molecular formula is C21H31N3O4. The number of benzene rings is 1. The number of amides is 3. The van der Waals surface area contributed by atoms with Crippen LogP contribution in [-0.2, 0) is 14.3 Å². The van der Waals surface area contributed by atoms with Gasteiger partial charge in [-0.05, 0) is 51.2 Å². The number of imide groups is 1. The maximum Gasteiger partial charge on any atom is 0.325 e. The summed E-state index contributed by atoms with van der Waals surface area (Å²) in [6.45, 7) is 7.01. The first-order chi connectivity index (χ1) is 13.5. The fraction of sp³-hybridized carbons (Fsp3) is 0.619. The molecule has 28 heavy (non-hydrogen) atoms. The highest BCUT2D eigenvalue weighted by atomic mass is 16.5. The first-order valence-corrected chi connectivity index (χ1v) is 10.1. The van der Waals surface area contributed by atoms with Crippen molar-refractivity contribution in [1.82, 2.24) is 10.2 Å². The van der Waals surface area contributed by atoms with Crippen molar-refractivity contribution >= 4 is 17.6 Å². The smallest absolute Gasteiger partial charge is 0.325 e. The highest BCUT2D eigenvalue weighted by Gasteiger charge is 2.25. The topological polar surface area (TPSA) is 79.9 Å². The monoisotopic (exact) mass is 389 g/mol. The van der Waals surface area contributed by atoms with Crippen molar-refractivity contribution in [3.8, 4) is 0 Å². The fourth-order valence-electron chi connectivity index (χ4n) is 3.83. The number of hydrogen-bond acceptors (Lipinski definition) is 5. The number of hydrogen-bond donors (Lipinski definition) is 2. The van der Waals surface area contributed by atoms with Crippen LogP contribution in [0.5, 0.6) is 0 Å². The van der Waals surface area contributed by atoms with Gasteiger partial charge in [-0.25, -0.2) is 4.79 Å². The summed E-state index contributed by atoms with van der Waals surface area (Å²) in [5.74, 6) is -0.321. The second-order valence-electron chi connectivity index (χ2n) is 7.78. The van der Waals surface area contributed by atoms with E-state index in [1.54, 1.807) is 0 Å². The van der Waals surface area contributed by atoms with Gasteiger partial charge < -0.3 is 14.8 Å². The summed E-state index contributed by atoms with van der Waals surface area (Å²) < 4.78 is 11.4. The van der Waals surface area contributed by atoms with E-state index in [1.165, 1.54) is 0 Å². The lowest BCUT2D eigenvalue weighted by Gasteiger charge is -2.26. The maximum absolute atomic E-state index is 12.4. The molecule has 0 saturated carbocycles. The molecule has 2 fully saturated rings. The van der Waals surface area contributed by atoms with Crippen molar-refractivity contribution < 1.29 is 19.1 Å². The zero-order valence-electron chi connectivity index (χ0n) is 16.8. The molecule has 2 aliphatic heterocycles. The van der Waals surface area contributed by atoms with Gasteiger partial charge in [-0.3, -0.25) is 15.0 Å². The standard InChI is InChI=1S/C21H31N3O4/c1-15-7-8-19(16(2)11-15)22-21(26)23-20(25)14-24(12-17-5-3-9-27-17)13-18-6-4-10-28-18/h7-8,11,17-18H,3-6,9-10,12-14H2,1-2H3,(H2,22,23,25,26)/t17-,18-/m0/s1. The number of rotatable bonds is 7. The molecule has 0 spiro atoms. The molecule has 0 aromatic heterocycles. The summed E-state index contributed by atoms with van der Waals surface area (Å²) >= 11 is 0. The Labute approximate surface area is 166 Å². The van der Waals surface area contributed by atoms with Crippen molar-refractivity contribution in [3.05, 3.63) is 29.3 Å². The number of anilines is 1. The van der Waals surface area contributed by atoms with Gasteiger partial charge in [0.15, 0.2) is 0 Å². The van der Waals surface area contributed by atoms with Gasteiger partial charge in [-0.1, -0.05) is 17.7 Å². The maximum atomic E-state index is 12.4. The number of urea groups is 1. The lowest BCUT2D eigenvalue weighted by molar-refractivity contribution is -0.121. The van der Waals surface area contributed by atoms with Crippen molar-refractivity contribution in [3.63, 3.8) is 0 Å². The first-order valence-electron chi connectivity index (χ1n) is 10.1. The molecule has 1 aromatic rings. The highest BCUT2D eigenvalue weighted by Crippen LogP contribution is 2.18. The van der Waals surface area contributed by atoms with E-state index in [0.717, 1.165) is 50.0 Å². The van der Waals surface area contributed by atoms with Crippen LogP contribution >= 0.6 is 0 Å². The number of nitrogens with zero attached hydrogens (tertiary/aromatic N) is 1. The average Bonchev–Trinajstić information content (AvgIpc) is 3.31. The van der Waals surface area contributed by atoms with Crippen LogP contribution in [0.4, 0.5) is 10.5 Å². The number of aryl methyl sites for hydroxylation is 2. The second kappa shape index (κ2) is 10.0. The normalized spacial score (nSPS) is 21.8. The highest BCUT2D eigenvalue weighted by molar-refractivity contribution is 6.02. The molecule has 3 amide bonds. The van der Waals surface area contributed by atoms with Crippen molar-refractivity contribution in [2.75, 3.05) is 38.2 Å². The second-order valence-corrected chi connectivity index (χ2v) is 7.78. The zero-order valence-corrected chi connectivity index (χ0v) is 16.8. The molecule has 7 heteroatoms. The molecule has 3 rings (SSSR count). The van der Waals surface area contributed by atoms with Crippen LogP contribution in [0.3, 0.4) is 0 Å². The minimum Gasteiger partial charge on any atom is -0.377 e. The quantitative estimate of drug-likeness (QED) is 0.749. The number of ether oxygens (including phenoxy) is 2. The van der Waals surface area contributed by atoms with E-state index < -0.39 is 6.03 Å². The fourth-order valence-corrected chi connectivity index (χ4v) is 3.83. The van der Waals surface area contributed by atoms with E-state index in [-0.39, 0.29) is 24.7 Å². The largest absolute Gasteiger partial charge is 0.377 e. The van der Waals surface area contributed by atoms with Gasteiger partial charge in [0.25, 0.3) is 0 Å². The van der Waals surface area contributed by atoms with Gasteiger partial charge in [0.1, 0.15) is 0 Å². The van der Waals surface area contributed by atoms with Crippen LogP contribution in [0.15, 0.2) is 18.2 Å². The molecule has 1 aromatic carbocycles. The Morgan fingerprint density at radius 1 is 1.07 bits per heavy atom. The van der Waals surface area contributed by atoms with Gasteiger partial charge in [-0.2, -0.15) is 0 Å².